The number of carbonyl (C=O) groups excluding carboxylic acids is 3. The number of carbonyl (C=O) groups is 3. The molecule has 0 atom stereocenters. The van der Waals surface area contributed by atoms with Crippen molar-refractivity contribution in [3.63, 3.8) is 0 Å². The normalized spacial score (nSPS) is 11.6. The lowest BCUT2D eigenvalue weighted by Gasteiger charge is -2.09. The van der Waals surface area contributed by atoms with Crippen molar-refractivity contribution in [1.29, 1.82) is 0 Å². The third-order valence-electron chi connectivity index (χ3n) is 12.1. The van der Waals surface area contributed by atoms with E-state index in [1.165, 1.54) is 0 Å². The van der Waals surface area contributed by atoms with Crippen LogP contribution in [0.15, 0.2) is 30.3 Å². The first-order chi connectivity index (χ1) is 48.3. The molecule has 0 radical (unpaired) electrons. The Morgan fingerprint density at radius 3 is 0.684 bits per heavy atom. The number of amides is 1. The van der Waals surface area contributed by atoms with Crippen molar-refractivity contribution in [2.45, 2.75) is 6.42 Å². The molecule has 568 valence electrons. The largest absolute Gasteiger partial charge is 0.420 e. The van der Waals surface area contributed by atoms with Gasteiger partial charge in [0.05, 0.1) is 324 Å². The lowest BCUT2D eigenvalue weighted by molar-refractivity contribution is -0.136. The van der Waals surface area contributed by atoms with Crippen LogP contribution in [0.2, 0.25) is 0 Å². The minimum Gasteiger partial charge on any atom is -0.420 e. The van der Waals surface area contributed by atoms with Crippen molar-refractivity contribution in [3.05, 3.63) is 64.7 Å². The van der Waals surface area contributed by atoms with Crippen LogP contribution in [0.4, 0.5) is 17.6 Å². The van der Waals surface area contributed by atoms with E-state index in [-0.39, 0.29) is 38.4 Å². The van der Waals surface area contributed by atoms with Crippen LogP contribution < -0.4 is 10.1 Å². The Balaban J connectivity index is 1.10. The third-order valence-corrected chi connectivity index (χ3v) is 12.1. The fraction of sp³-hybridized carbons (Fsp3) is 0.769. The number of hydrogen-bond donors (Lipinski definition) is 1. The van der Waals surface area contributed by atoms with Crippen LogP contribution in [-0.4, -0.2) is 342 Å². The second-order valence-corrected chi connectivity index (χ2v) is 19.7. The molecule has 0 fully saturated rings. The standard InChI is InChI=1S/C65H107F4NO28/c66-59-55-60(67)63(69)64(62(59)68)98-61(72)5-7-74-9-11-76-13-15-78-17-19-80-21-23-82-25-27-84-29-31-86-33-35-88-37-39-90-41-43-92-45-47-94-49-51-96-53-54-97-52-50-95-48-46-93-44-42-91-40-38-89-36-34-87-32-30-85-28-26-83-24-22-81-20-18-79-16-14-77-12-10-75-8-6-70-65(73)58-3-1-57(56-71)2-4-58/h1-4,55-56H,5-54H2,(H,70,73). The Morgan fingerprint density at radius 2 is 0.480 bits per heavy atom. The highest BCUT2D eigenvalue weighted by molar-refractivity contribution is 5.94. The summed E-state index contributed by atoms with van der Waals surface area (Å²) < 4.78 is 189. The summed E-state index contributed by atoms with van der Waals surface area (Å²) in [7, 11) is 0. The summed E-state index contributed by atoms with van der Waals surface area (Å²) in [6.45, 7) is 20.3. The molecule has 0 aliphatic rings. The predicted octanol–water partition coefficient (Wildman–Crippen LogP) is 3.18. The van der Waals surface area contributed by atoms with Crippen LogP contribution in [-0.2, 0) is 118 Å². The van der Waals surface area contributed by atoms with Crippen LogP contribution in [0.25, 0.3) is 0 Å². The number of nitrogens with one attached hydrogen (secondary N) is 1. The molecule has 1 N–H and O–H groups in total. The van der Waals surface area contributed by atoms with E-state index in [2.05, 4.69) is 10.1 Å². The highest BCUT2D eigenvalue weighted by atomic mass is 19.2. The molecule has 2 rings (SSSR count). The Kier molecular flexibility index (Phi) is 65.3. The summed E-state index contributed by atoms with van der Waals surface area (Å²) in [6, 6.07) is 6.42. The second-order valence-electron chi connectivity index (χ2n) is 19.7. The average molecular weight is 1430 g/mol. The van der Waals surface area contributed by atoms with Gasteiger partial charge in [-0.25, -0.2) is 8.78 Å². The lowest BCUT2D eigenvalue weighted by atomic mass is 10.1. The minimum absolute atomic E-state index is 0.0153. The maximum absolute atomic E-state index is 13.6. The highest BCUT2D eigenvalue weighted by Gasteiger charge is 2.23. The van der Waals surface area contributed by atoms with Gasteiger partial charge in [-0.2, -0.15) is 8.78 Å². The Labute approximate surface area is 572 Å². The molecule has 0 unspecified atom stereocenters. The van der Waals surface area contributed by atoms with E-state index in [0.717, 1.165) is 6.29 Å². The minimum atomic E-state index is -1.80. The third kappa shape index (κ3) is 58.5. The number of rotatable bonds is 78. The van der Waals surface area contributed by atoms with Gasteiger partial charge in [0.15, 0.2) is 11.6 Å². The SMILES string of the molecule is O=Cc1ccc(C(=O)NCCOCCOCCOCCOCCOCCOCCOCCOCCOCCOCCOCCOCCOCCOCCOCCOCCOCCOCCOCCOCCOCCOCCOCCOCCC(=O)Oc2c(F)c(F)cc(F)c2F)cc1. The number of halogens is 4. The predicted molar refractivity (Wildman–Crippen MR) is 340 cm³/mol. The molecule has 0 bridgehead atoms. The average Bonchev–Trinajstić information content (AvgIpc) is 0.837. The van der Waals surface area contributed by atoms with Gasteiger partial charge < -0.3 is 124 Å². The molecule has 98 heavy (non-hydrogen) atoms. The molecule has 0 aromatic heterocycles. The molecule has 0 saturated heterocycles. The Morgan fingerprint density at radius 1 is 0.286 bits per heavy atom. The van der Waals surface area contributed by atoms with Crippen molar-refractivity contribution in [3.8, 4) is 5.75 Å². The first-order valence-electron chi connectivity index (χ1n) is 33.1. The van der Waals surface area contributed by atoms with E-state index in [9.17, 15) is 31.9 Å². The number of ether oxygens (including phenoxy) is 25. The van der Waals surface area contributed by atoms with Gasteiger partial charge in [-0.1, -0.05) is 12.1 Å². The van der Waals surface area contributed by atoms with Crippen molar-refractivity contribution in [2.24, 2.45) is 0 Å². The molecule has 0 spiro atoms. The fourth-order valence-electron chi connectivity index (χ4n) is 7.17. The molecule has 0 aliphatic carbocycles. The summed E-state index contributed by atoms with van der Waals surface area (Å²) in [5.41, 5.74) is 1.00. The molecule has 0 saturated carbocycles. The first-order valence-corrected chi connectivity index (χ1v) is 33.1. The molecular formula is C65H107F4NO28. The van der Waals surface area contributed by atoms with Crippen LogP contribution in [0, 0.1) is 23.3 Å². The van der Waals surface area contributed by atoms with Gasteiger partial charge in [0.2, 0.25) is 17.4 Å². The van der Waals surface area contributed by atoms with E-state index in [1.54, 1.807) is 24.3 Å². The van der Waals surface area contributed by atoms with Gasteiger partial charge >= 0.3 is 5.97 Å². The van der Waals surface area contributed by atoms with E-state index in [4.69, 9.17) is 114 Å². The number of aldehydes is 1. The van der Waals surface area contributed by atoms with E-state index < -0.39 is 41.4 Å². The quantitative estimate of drug-likeness (QED) is 0.0248. The molecule has 29 nitrogen and oxygen atoms in total. The monoisotopic (exact) mass is 1430 g/mol. The number of hydrogen-bond acceptors (Lipinski definition) is 28. The molecule has 2 aromatic rings. The van der Waals surface area contributed by atoms with E-state index in [1.807, 2.05) is 0 Å². The van der Waals surface area contributed by atoms with Crippen LogP contribution in [0.5, 0.6) is 5.75 Å². The summed E-state index contributed by atoms with van der Waals surface area (Å²) in [5.74, 6) is -9.75. The highest BCUT2D eigenvalue weighted by Crippen LogP contribution is 2.26. The zero-order valence-electron chi connectivity index (χ0n) is 56.8. The topological polar surface area (TPSA) is 294 Å². The zero-order chi connectivity index (χ0) is 70.2. The van der Waals surface area contributed by atoms with Crippen LogP contribution in [0.3, 0.4) is 0 Å². The molecule has 0 heterocycles. The Hall–Kier alpha value is -4.19. The van der Waals surface area contributed by atoms with Crippen LogP contribution >= 0.6 is 0 Å². The van der Waals surface area contributed by atoms with E-state index in [0.29, 0.717) is 308 Å². The molecule has 1 amide bonds. The summed E-state index contributed by atoms with van der Waals surface area (Å²) >= 11 is 0. The summed E-state index contributed by atoms with van der Waals surface area (Å²) in [5, 5.41) is 2.76. The van der Waals surface area contributed by atoms with Gasteiger partial charge in [-0.05, 0) is 12.1 Å². The second kappa shape index (κ2) is 71.2. The maximum atomic E-state index is 13.6. The van der Waals surface area contributed by atoms with E-state index >= 15 is 0 Å². The van der Waals surface area contributed by atoms with Crippen molar-refractivity contribution in [2.75, 3.05) is 324 Å². The maximum Gasteiger partial charge on any atom is 0.313 e. The smallest absolute Gasteiger partial charge is 0.313 e. The summed E-state index contributed by atoms with van der Waals surface area (Å²) in [4.78, 5) is 34.5. The lowest BCUT2D eigenvalue weighted by Crippen LogP contribution is -2.27. The fourth-order valence-corrected chi connectivity index (χ4v) is 7.17. The van der Waals surface area contributed by atoms with Gasteiger partial charge in [-0.15, -0.1) is 0 Å². The van der Waals surface area contributed by atoms with Crippen LogP contribution in [0.1, 0.15) is 27.1 Å². The van der Waals surface area contributed by atoms with Gasteiger partial charge in [0.1, 0.15) is 6.29 Å². The molecular weight excluding hydrogens is 1320 g/mol. The molecule has 0 aliphatic heterocycles. The van der Waals surface area contributed by atoms with Gasteiger partial charge in [0.25, 0.3) is 5.91 Å². The molecule has 33 heteroatoms. The summed E-state index contributed by atoms with van der Waals surface area (Å²) in [6.07, 6.45) is 0.327. The van der Waals surface area contributed by atoms with Crippen molar-refractivity contribution >= 4 is 18.2 Å². The number of esters is 1. The van der Waals surface area contributed by atoms with Gasteiger partial charge in [0, 0.05) is 23.7 Å². The van der Waals surface area contributed by atoms with Crippen molar-refractivity contribution in [1.82, 2.24) is 5.32 Å². The Bertz CT molecular complexity index is 2080. The number of benzene rings is 2. The van der Waals surface area contributed by atoms with Crippen molar-refractivity contribution < 1.29 is 150 Å². The first kappa shape index (κ1) is 89.9. The zero-order valence-corrected chi connectivity index (χ0v) is 56.8. The van der Waals surface area contributed by atoms with Gasteiger partial charge in [-0.3, -0.25) is 14.4 Å². The molecule has 2 aromatic carbocycles.